The van der Waals surface area contributed by atoms with Gasteiger partial charge in [-0.2, -0.15) is 0 Å². The third-order valence-corrected chi connectivity index (χ3v) is 4.97. The average molecular weight is 378 g/mol. The number of fused-ring (bicyclic) bond motifs is 1. The molecule has 2 aromatic rings. The van der Waals surface area contributed by atoms with Gasteiger partial charge in [0.1, 0.15) is 17.4 Å². The number of benzene rings is 1. The van der Waals surface area contributed by atoms with E-state index >= 15 is 0 Å². The van der Waals surface area contributed by atoms with Gasteiger partial charge in [0.25, 0.3) is 5.91 Å². The van der Waals surface area contributed by atoms with Crippen LogP contribution >= 0.6 is 12.4 Å². The van der Waals surface area contributed by atoms with Crippen LogP contribution in [0.2, 0.25) is 0 Å². The Balaban J connectivity index is 0.00000196. The summed E-state index contributed by atoms with van der Waals surface area (Å²) in [4.78, 5) is 14.3. The Hall–Kier alpha value is -2.12. The number of ether oxygens (including phenoxy) is 1. The van der Waals surface area contributed by atoms with Gasteiger partial charge in [0.15, 0.2) is 6.61 Å². The number of nitrogens with zero attached hydrogens (tertiary/aromatic N) is 4. The van der Waals surface area contributed by atoms with Crippen LogP contribution in [-0.4, -0.2) is 51.8 Å². The van der Waals surface area contributed by atoms with Crippen LogP contribution in [0.5, 0.6) is 5.75 Å². The Morgan fingerprint density at radius 2 is 1.92 bits per heavy atom. The standard InChI is InChI=1S/C18H23N5O2.ClH/c24-17(13-25-15-4-2-1-3-5-15)22-9-6-14(7-10-22)18-21-20-16-12-19-8-11-23(16)18;/h1-5,14,19H,6-13H2;1H. The summed E-state index contributed by atoms with van der Waals surface area (Å²) in [5.41, 5.74) is 0. The second-order valence-corrected chi connectivity index (χ2v) is 6.56. The van der Waals surface area contributed by atoms with Crippen molar-refractivity contribution in [1.29, 1.82) is 0 Å². The van der Waals surface area contributed by atoms with E-state index in [1.807, 2.05) is 35.2 Å². The Morgan fingerprint density at radius 1 is 1.15 bits per heavy atom. The molecular formula is C18H24ClN5O2. The number of hydrogen-bond acceptors (Lipinski definition) is 5. The average Bonchev–Trinajstić information content (AvgIpc) is 3.11. The van der Waals surface area contributed by atoms with Crippen molar-refractivity contribution in [3.8, 4) is 5.75 Å². The third-order valence-electron chi connectivity index (χ3n) is 4.97. The van der Waals surface area contributed by atoms with Crippen LogP contribution in [0.3, 0.4) is 0 Å². The first-order chi connectivity index (χ1) is 12.3. The van der Waals surface area contributed by atoms with Gasteiger partial charge in [-0.3, -0.25) is 4.79 Å². The van der Waals surface area contributed by atoms with Crippen molar-refractivity contribution < 1.29 is 9.53 Å². The fourth-order valence-electron chi connectivity index (χ4n) is 3.56. The predicted octanol–water partition coefficient (Wildman–Crippen LogP) is 1.59. The van der Waals surface area contributed by atoms with E-state index in [9.17, 15) is 4.79 Å². The maximum atomic E-state index is 12.4. The number of carbonyl (C=O) groups excluding carboxylic acids is 1. The van der Waals surface area contributed by atoms with Crippen LogP contribution in [0.1, 0.15) is 30.4 Å². The van der Waals surface area contributed by atoms with Gasteiger partial charge in [-0.25, -0.2) is 0 Å². The molecule has 2 aliphatic heterocycles. The number of carbonyl (C=O) groups is 1. The van der Waals surface area contributed by atoms with E-state index in [1.54, 1.807) is 0 Å². The van der Waals surface area contributed by atoms with Gasteiger partial charge >= 0.3 is 0 Å². The van der Waals surface area contributed by atoms with E-state index in [2.05, 4.69) is 20.1 Å². The lowest BCUT2D eigenvalue weighted by atomic mass is 9.95. The maximum Gasteiger partial charge on any atom is 0.260 e. The summed E-state index contributed by atoms with van der Waals surface area (Å²) in [6.45, 7) is 4.29. The van der Waals surface area contributed by atoms with Crippen LogP contribution in [-0.2, 0) is 17.9 Å². The van der Waals surface area contributed by atoms with E-state index < -0.39 is 0 Å². The molecule has 1 saturated heterocycles. The monoisotopic (exact) mass is 377 g/mol. The second kappa shape index (κ2) is 8.51. The van der Waals surface area contributed by atoms with Crippen LogP contribution in [0.4, 0.5) is 0 Å². The number of aromatic nitrogens is 3. The number of para-hydroxylation sites is 1. The first-order valence-electron chi connectivity index (χ1n) is 8.89. The summed E-state index contributed by atoms with van der Waals surface area (Å²) in [7, 11) is 0. The van der Waals surface area contributed by atoms with Crippen LogP contribution < -0.4 is 10.1 Å². The van der Waals surface area contributed by atoms with E-state index in [-0.39, 0.29) is 24.9 Å². The molecule has 1 amide bonds. The van der Waals surface area contributed by atoms with Crippen molar-refractivity contribution in [2.75, 3.05) is 26.2 Å². The second-order valence-electron chi connectivity index (χ2n) is 6.56. The number of hydrogen-bond donors (Lipinski definition) is 1. The number of likely N-dealkylation sites (tertiary alicyclic amines) is 1. The Kier molecular flexibility index (Phi) is 6.11. The normalized spacial score (nSPS) is 17.3. The van der Waals surface area contributed by atoms with Gasteiger partial charge in [-0.05, 0) is 25.0 Å². The fourth-order valence-corrected chi connectivity index (χ4v) is 3.56. The highest BCUT2D eigenvalue weighted by Crippen LogP contribution is 2.27. The van der Waals surface area contributed by atoms with Crippen molar-refractivity contribution in [1.82, 2.24) is 25.0 Å². The van der Waals surface area contributed by atoms with Crippen molar-refractivity contribution in [3.05, 3.63) is 42.0 Å². The molecule has 0 spiro atoms. The van der Waals surface area contributed by atoms with Crippen LogP contribution in [0, 0.1) is 0 Å². The fraction of sp³-hybridized carbons (Fsp3) is 0.500. The molecular weight excluding hydrogens is 354 g/mol. The summed E-state index contributed by atoms with van der Waals surface area (Å²) in [6.07, 6.45) is 1.87. The number of piperidine rings is 1. The zero-order chi connectivity index (χ0) is 17.1. The van der Waals surface area contributed by atoms with Gasteiger partial charge in [0, 0.05) is 32.1 Å². The highest BCUT2D eigenvalue weighted by molar-refractivity contribution is 5.85. The number of amides is 1. The summed E-state index contributed by atoms with van der Waals surface area (Å²) in [5, 5.41) is 12.0. The number of rotatable bonds is 4. The summed E-state index contributed by atoms with van der Waals surface area (Å²) >= 11 is 0. The van der Waals surface area contributed by atoms with Gasteiger partial charge in [0.05, 0.1) is 6.54 Å². The molecule has 1 aromatic carbocycles. The molecule has 140 valence electrons. The summed E-state index contributed by atoms with van der Waals surface area (Å²) in [6, 6.07) is 9.46. The molecule has 0 unspecified atom stereocenters. The maximum absolute atomic E-state index is 12.4. The molecule has 8 heteroatoms. The molecule has 0 bridgehead atoms. The molecule has 1 N–H and O–H groups in total. The van der Waals surface area contributed by atoms with Crippen LogP contribution in [0.25, 0.3) is 0 Å². The van der Waals surface area contributed by atoms with Crippen LogP contribution in [0.15, 0.2) is 30.3 Å². The smallest absolute Gasteiger partial charge is 0.260 e. The van der Waals surface area contributed by atoms with E-state index in [0.29, 0.717) is 5.92 Å². The Bertz CT molecular complexity index is 728. The molecule has 1 aromatic heterocycles. The topological polar surface area (TPSA) is 72.3 Å². The molecule has 4 rings (SSSR count). The molecule has 7 nitrogen and oxygen atoms in total. The first kappa shape index (κ1) is 18.7. The van der Waals surface area contributed by atoms with E-state index in [0.717, 1.165) is 63.0 Å². The van der Waals surface area contributed by atoms with Crippen molar-refractivity contribution >= 4 is 18.3 Å². The van der Waals surface area contributed by atoms with Gasteiger partial charge in [0.2, 0.25) is 0 Å². The molecule has 2 aliphatic rings. The Morgan fingerprint density at radius 3 is 2.69 bits per heavy atom. The van der Waals surface area contributed by atoms with Gasteiger partial charge in [-0.1, -0.05) is 18.2 Å². The minimum atomic E-state index is 0. The Labute approximate surface area is 159 Å². The lowest BCUT2D eigenvalue weighted by Gasteiger charge is -2.32. The SMILES string of the molecule is Cl.O=C(COc1ccccc1)N1CCC(c2nnc3n2CCNC3)CC1. The summed E-state index contributed by atoms with van der Waals surface area (Å²) < 4.78 is 7.82. The molecule has 0 radical (unpaired) electrons. The molecule has 1 fully saturated rings. The molecule has 0 aliphatic carbocycles. The first-order valence-corrected chi connectivity index (χ1v) is 8.89. The third kappa shape index (κ3) is 3.99. The molecule has 3 heterocycles. The summed E-state index contributed by atoms with van der Waals surface area (Å²) in [5.74, 6) is 3.28. The van der Waals surface area contributed by atoms with Crippen molar-refractivity contribution in [2.24, 2.45) is 0 Å². The quantitative estimate of drug-likeness (QED) is 0.876. The minimum absolute atomic E-state index is 0. The van der Waals surface area contributed by atoms with E-state index in [4.69, 9.17) is 4.74 Å². The molecule has 0 atom stereocenters. The predicted molar refractivity (Wildman–Crippen MR) is 99.5 cm³/mol. The van der Waals surface area contributed by atoms with E-state index in [1.165, 1.54) is 0 Å². The van der Waals surface area contributed by atoms with Crippen molar-refractivity contribution in [3.63, 3.8) is 0 Å². The molecule has 26 heavy (non-hydrogen) atoms. The highest BCUT2D eigenvalue weighted by Gasteiger charge is 2.28. The van der Waals surface area contributed by atoms with Gasteiger partial charge in [-0.15, -0.1) is 22.6 Å². The lowest BCUT2D eigenvalue weighted by Crippen LogP contribution is -2.41. The number of nitrogens with one attached hydrogen (secondary N) is 1. The largest absolute Gasteiger partial charge is 0.484 e. The lowest BCUT2D eigenvalue weighted by molar-refractivity contribution is -0.134. The molecule has 0 saturated carbocycles. The highest BCUT2D eigenvalue weighted by atomic mass is 35.5. The van der Waals surface area contributed by atoms with Gasteiger partial charge < -0.3 is 19.5 Å². The zero-order valence-electron chi connectivity index (χ0n) is 14.6. The zero-order valence-corrected chi connectivity index (χ0v) is 15.5. The number of halogens is 1. The van der Waals surface area contributed by atoms with Crippen molar-refractivity contribution in [2.45, 2.75) is 31.8 Å². The minimum Gasteiger partial charge on any atom is -0.484 e.